The first-order chi connectivity index (χ1) is 5.65. The van der Waals surface area contributed by atoms with Crippen molar-refractivity contribution in [3.05, 3.63) is 23.4 Å². The predicted molar refractivity (Wildman–Crippen MR) is 50.6 cm³/mol. The molecule has 3 nitrogen and oxygen atoms in total. The standard InChI is InChI=1S/C9H15N3/c1-3-8(10)7-4-6(2)5-12-9(7)11/h4-5,8H,3,10H2,1-2H3,(H2,11,12). The maximum absolute atomic E-state index is 5.84. The van der Waals surface area contributed by atoms with Crippen molar-refractivity contribution in [2.75, 3.05) is 5.73 Å². The highest BCUT2D eigenvalue weighted by molar-refractivity contribution is 5.42. The molecule has 66 valence electrons. The maximum Gasteiger partial charge on any atom is 0.128 e. The van der Waals surface area contributed by atoms with Gasteiger partial charge in [0.15, 0.2) is 0 Å². The molecular weight excluding hydrogens is 150 g/mol. The van der Waals surface area contributed by atoms with Crippen LogP contribution >= 0.6 is 0 Å². The Morgan fingerprint density at radius 1 is 1.58 bits per heavy atom. The molecule has 0 fully saturated rings. The quantitative estimate of drug-likeness (QED) is 0.695. The lowest BCUT2D eigenvalue weighted by atomic mass is 10.1. The number of anilines is 1. The van der Waals surface area contributed by atoms with Crippen LogP contribution < -0.4 is 11.5 Å². The second kappa shape index (κ2) is 3.54. The molecule has 0 saturated carbocycles. The fraction of sp³-hybridized carbons (Fsp3) is 0.444. The first kappa shape index (κ1) is 9.00. The summed E-state index contributed by atoms with van der Waals surface area (Å²) in [5.41, 5.74) is 13.6. The number of nitrogens with two attached hydrogens (primary N) is 2. The van der Waals surface area contributed by atoms with E-state index in [9.17, 15) is 0 Å². The van der Waals surface area contributed by atoms with Gasteiger partial charge in [-0.3, -0.25) is 0 Å². The van der Waals surface area contributed by atoms with Crippen LogP contribution in [0.15, 0.2) is 12.3 Å². The summed E-state index contributed by atoms with van der Waals surface area (Å²) in [7, 11) is 0. The Labute approximate surface area is 72.8 Å². The van der Waals surface area contributed by atoms with E-state index in [1.807, 2.05) is 19.9 Å². The summed E-state index contributed by atoms with van der Waals surface area (Å²) in [5.74, 6) is 0.551. The van der Waals surface area contributed by atoms with Gasteiger partial charge in [-0.2, -0.15) is 0 Å². The lowest BCUT2D eigenvalue weighted by Crippen LogP contribution is -2.12. The highest BCUT2D eigenvalue weighted by atomic mass is 14.8. The first-order valence-corrected chi connectivity index (χ1v) is 4.12. The molecular formula is C9H15N3. The van der Waals surface area contributed by atoms with Crippen molar-refractivity contribution in [2.45, 2.75) is 26.3 Å². The van der Waals surface area contributed by atoms with Gasteiger partial charge in [0.2, 0.25) is 0 Å². The van der Waals surface area contributed by atoms with Crippen LogP contribution in [0.5, 0.6) is 0 Å². The Hall–Kier alpha value is -1.09. The Bertz CT molecular complexity index is 270. The van der Waals surface area contributed by atoms with Gasteiger partial charge in [-0.1, -0.05) is 6.92 Å². The zero-order valence-electron chi connectivity index (χ0n) is 7.54. The number of aromatic nitrogens is 1. The Morgan fingerprint density at radius 3 is 2.83 bits per heavy atom. The second-order valence-electron chi connectivity index (χ2n) is 3.00. The van der Waals surface area contributed by atoms with Crippen molar-refractivity contribution in [2.24, 2.45) is 5.73 Å². The predicted octanol–water partition coefficient (Wildman–Crippen LogP) is 1.38. The van der Waals surface area contributed by atoms with Crippen LogP contribution in [-0.2, 0) is 0 Å². The molecule has 0 radical (unpaired) electrons. The van der Waals surface area contributed by atoms with Crippen molar-refractivity contribution in [1.82, 2.24) is 4.98 Å². The number of hydrogen-bond donors (Lipinski definition) is 2. The average Bonchev–Trinajstić information content (AvgIpc) is 2.08. The van der Waals surface area contributed by atoms with Crippen LogP contribution in [0.3, 0.4) is 0 Å². The van der Waals surface area contributed by atoms with Gasteiger partial charge in [-0.05, 0) is 25.0 Å². The smallest absolute Gasteiger partial charge is 0.128 e. The number of pyridine rings is 1. The highest BCUT2D eigenvalue weighted by Gasteiger charge is 2.07. The number of nitrogens with zero attached hydrogens (tertiary/aromatic N) is 1. The molecule has 1 unspecified atom stereocenters. The summed E-state index contributed by atoms with van der Waals surface area (Å²) < 4.78 is 0. The third-order valence-electron chi connectivity index (χ3n) is 1.93. The van der Waals surface area contributed by atoms with Gasteiger partial charge < -0.3 is 11.5 Å². The molecule has 0 spiro atoms. The molecule has 1 aromatic rings. The van der Waals surface area contributed by atoms with Gasteiger partial charge in [-0.25, -0.2) is 4.98 Å². The lowest BCUT2D eigenvalue weighted by molar-refractivity contribution is 0.697. The summed E-state index contributed by atoms with van der Waals surface area (Å²) in [5, 5.41) is 0. The van der Waals surface area contributed by atoms with E-state index in [1.165, 1.54) is 0 Å². The number of hydrogen-bond acceptors (Lipinski definition) is 3. The van der Waals surface area contributed by atoms with Crippen LogP contribution in [0.25, 0.3) is 0 Å². The Balaban J connectivity index is 3.04. The van der Waals surface area contributed by atoms with E-state index in [0.29, 0.717) is 5.82 Å². The molecule has 1 aromatic heterocycles. The van der Waals surface area contributed by atoms with E-state index in [1.54, 1.807) is 6.20 Å². The number of aryl methyl sites for hydroxylation is 1. The molecule has 1 rings (SSSR count). The molecule has 0 saturated heterocycles. The Morgan fingerprint density at radius 2 is 2.25 bits per heavy atom. The molecule has 0 aliphatic rings. The molecule has 1 atom stereocenters. The molecule has 0 bridgehead atoms. The number of rotatable bonds is 2. The number of nitrogen functional groups attached to an aromatic ring is 1. The zero-order chi connectivity index (χ0) is 9.14. The summed E-state index contributed by atoms with van der Waals surface area (Å²) in [6.45, 7) is 4.02. The first-order valence-electron chi connectivity index (χ1n) is 4.12. The van der Waals surface area contributed by atoms with Crippen molar-refractivity contribution >= 4 is 5.82 Å². The normalized spacial score (nSPS) is 12.9. The van der Waals surface area contributed by atoms with Crippen molar-refractivity contribution in [3.63, 3.8) is 0 Å². The van der Waals surface area contributed by atoms with Crippen LogP contribution in [0, 0.1) is 6.92 Å². The van der Waals surface area contributed by atoms with Gasteiger partial charge in [-0.15, -0.1) is 0 Å². The topological polar surface area (TPSA) is 64.9 Å². The van der Waals surface area contributed by atoms with E-state index in [-0.39, 0.29) is 6.04 Å². The Kier molecular flexibility index (Phi) is 2.65. The van der Waals surface area contributed by atoms with Gasteiger partial charge in [0.25, 0.3) is 0 Å². The second-order valence-corrected chi connectivity index (χ2v) is 3.00. The van der Waals surface area contributed by atoms with Crippen molar-refractivity contribution in [1.29, 1.82) is 0 Å². The van der Waals surface area contributed by atoms with Crippen LogP contribution in [0.4, 0.5) is 5.82 Å². The fourth-order valence-corrected chi connectivity index (χ4v) is 1.12. The lowest BCUT2D eigenvalue weighted by Gasteiger charge is -2.11. The molecule has 1 heterocycles. The molecule has 0 aliphatic heterocycles. The van der Waals surface area contributed by atoms with Crippen molar-refractivity contribution in [3.8, 4) is 0 Å². The van der Waals surface area contributed by atoms with Gasteiger partial charge in [0.05, 0.1) is 0 Å². The van der Waals surface area contributed by atoms with Crippen LogP contribution in [-0.4, -0.2) is 4.98 Å². The summed E-state index contributed by atoms with van der Waals surface area (Å²) in [4.78, 5) is 4.05. The van der Waals surface area contributed by atoms with Gasteiger partial charge in [0.1, 0.15) is 5.82 Å². The van der Waals surface area contributed by atoms with Crippen LogP contribution in [0.1, 0.15) is 30.5 Å². The third-order valence-corrected chi connectivity index (χ3v) is 1.93. The van der Waals surface area contributed by atoms with Gasteiger partial charge in [0, 0.05) is 17.8 Å². The molecule has 3 heteroatoms. The third kappa shape index (κ3) is 1.74. The van der Waals surface area contributed by atoms with Crippen molar-refractivity contribution < 1.29 is 0 Å². The molecule has 4 N–H and O–H groups in total. The zero-order valence-corrected chi connectivity index (χ0v) is 7.54. The summed E-state index contributed by atoms with van der Waals surface area (Å²) >= 11 is 0. The highest BCUT2D eigenvalue weighted by Crippen LogP contribution is 2.19. The molecule has 0 aromatic carbocycles. The fourth-order valence-electron chi connectivity index (χ4n) is 1.12. The van der Waals surface area contributed by atoms with Crippen LogP contribution in [0.2, 0.25) is 0 Å². The minimum Gasteiger partial charge on any atom is -0.383 e. The molecule has 0 amide bonds. The SMILES string of the molecule is CCC(N)c1cc(C)cnc1N. The molecule has 12 heavy (non-hydrogen) atoms. The minimum atomic E-state index is 0.0115. The van der Waals surface area contributed by atoms with Gasteiger partial charge >= 0.3 is 0 Å². The van der Waals surface area contributed by atoms with E-state index in [2.05, 4.69) is 4.98 Å². The minimum absolute atomic E-state index is 0.0115. The monoisotopic (exact) mass is 165 g/mol. The summed E-state index contributed by atoms with van der Waals surface area (Å²) in [6, 6.07) is 2.01. The molecule has 0 aliphatic carbocycles. The van der Waals surface area contributed by atoms with E-state index in [4.69, 9.17) is 11.5 Å². The van der Waals surface area contributed by atoms with E-state index in [0.717, 1.165) is 17.5 Å². The maximum atomic E-state index is 5.84. The average molecular weight is 165 g/mol. The van der Waals surface area contributed by atoms with E-state index >= 15 is 0 Å². The largest absolute Gasteiger partial charge is 0.383 e. The van der Waals surface area contributed by atoms with E-state index < -0.39 is 0 Å². The summed E-state index contributed by atoms with van der Waals surface area (Å²) in [6.07, 6.45) is 2.64.